The van der Waals surface area contributed by atoms with Crippen LogP contribution in [0.25, 0.3) is 0 Å². The van der Waals surface area contributed by atoms with E-state index in [4.69, 9.17) is 14.3 Å². The molecule has 1 rings (SSSR count). The van der Waals surface area contributed by atoms with Crippen molar-refractivity contribution in [3.63, 3.8) is 0 Å². The standard InChI is InChI=1S/C16H22N2O4/c1-5-7-21-14-9-12(16(19)18(3)20-4)10-15(13(14)11-17)22-8-6-2/h9-10H,5-8H2,1-4H3. The minimum Gasteiger partial charge on any atom is -0.492 e. The first kappa shape index (κ1) is 17.8. The number of carbonyl (C=O) groups excluding carboxylic acids is 1. The number of amides is 1. The lowest BCUT2D eigenvalue weighted by atomic mass is 10.1. The number of benzene rings is 1. The van der Waals surface area contributed by atoms with Gasteiger partial charge in [0.2, 0.25) is 0 Å². The largest absolute Gasteiger partial charge is 0.492 e. The Labute approximate surface area is 131 Å². The third-order valence-corrected chi connectivity index (χ3v) is 2.91. The van der Waals surface area contributed by atoms with Crippen molar-refractivity contribution in [2.45, 2.75) is 26.7 Å². The molecule has 0 unspecified atom stereocenters. The Morgan fingerprint density at radius 3 is 2.05 bits per heavy atom. The van der Waals surface area contributed by atoms with Gasteiger partial charge in [-0.2, -0.15) is 5.26 Å². The van der Waals surface area contributed by atoms with E-state index in [-0.39, 0.29) is 5.91 Å². The predicted octanol–water partition coefficient (Wildman–Crippen LogP) is 2.77. The average Bonchev–Trinajstić information content (AvgIpc) is 2.55. The topological polar surface area (TPSA) is 71.8 Å². The highest BCUT2D eigenvalue weighted by atomic mass is 16.7. The molecule has 22 heavy (non-hydrogen) atoms. The number of hydroxylamine groups is 2. The zero-order chi connectivity index (χ0) is 16.5. The number of ether oxygens (including phenoxy) is 2. The average molecular weight is 306 g/mol. The number of rotatable bonds is 8. The molecule has 1 aromatic rings. The van der Waals surface area contributed by atoms with Crippen molar-refractivity contribution < 1.29 is 19.1 Å². The molecule has 0 heterocycles. The molecule has 6 nitrogen and oxygen atoms in total. The fraction of sp³-hybridized carbons (Fsp3) is 0.500. The van der Waals surface area contributed by atoms with E-state index < -0.39 is 0 Å². The Hall–Kier alpha value is -2.26. The molecule has 0 radical (unpaired) electrons. The summed E-state index contributed by atoms with van der Waals surface area (Å²) in [6, 6.07) is 5.18. The zero-order valence-corrected chi connectivity index (χ0v) is 13.5. The van der Waals surface area contributed by atoms with Gasteiger partial charge in [-0.1, -0.05) is 13.8 Å². The summed E-state index contributed by atoms with van der Waals surface area (Å²) in [5.41, 5.74) is 0.652. The maximum atomic E-state index is 12.2. The first-order chi connectivity index (χ1) is 10.6. The second-order valence-electron chi connectivity index (χ2n) is 4.64. The van der Waals surface area contributed by atoms with Crippen molar-refractivity contribution in [3.05, 3.63) is 23.3 Å². The fourth-order valence-electron chi connectivity index (χ4n) is 1.74. The highest BCUT2D eigenvalue weighted by molar-refractivity contribution is 5.94. The molecule has 0 aromatic heterocycles. The third-order valence-electron chi connectivity index (χ3n) is 2.91. The molecule has 120 valence electrons. The molecule has 1 amide bonds. The van der Waals surface area contributed by atoms with Crippen molar-refractivity contribution in [2.75, 3.05) is 27.4 Å². The SMILES string of the molecule is CCCOc1cc(C(=O)N(C)OC)cc(OCCC)c1C#N. The van der Waals surface area contributed by atoms with Gasteiger partial charge in [0.1, 0.15) is 23.1 Å². The Bertz CT molecular complexity index is 523. The molecule has 0 saturated carbocycles. The van der Waals surface area contributed by atoms with Crippen LogP contribution < -0.4 is 9.47 Å². The highest BCUT2D eigenvalue weighted by Crippen LogP contribution is 2.31. The number of hydrogen-bond donors (Lipinski definition) is 0. The van der Waals surface area contributed by atoms with Crippen LogP contribution in [0.1, 0.15) is 42.6 Å². The smallest absolute Gasteiger partial charge is 0.277 e. The molecule has 0 bridgehead atoms. The molecule has 0 N–H and O–H groups in total. The minimum absolute atomic E-state index is 0.304. The Morgan fingerprint density at radius 1 is 1.18 bits per heavy atom. The van der Waals surface area contributed by atoms with Crippen LogP contribution in [-0.2, 0) is 4.84 Å². The van der Waals surface area contributed by atoms with E-state index in [1.807, 2.05) is 13.8 Å². The highest BCUT2D eigenvalue weighted by Gasteiger charge is 2.19. The van der Waals surface area contributed by atoms with Crippen LogP contribution in [0.5, 0.6) is 11.5 Å². The van der Waals surface area contributed by atoms with E-state index in [0.29, 0.717) is 35.8 Å². The summed E-state index contributed by atoms with van der Waals surface area (Å²) in [4.78, 5) is 17.1. The molecule has 6 heteroatoms. The zero-order valence-electron chi connectivity index (χ0n) is 13.5. The van der Waals surface area contributed by atoms with E-state index in [0.717, 1.165) is 17.9 Å². The number of hydrogen-bond acceptors (Lipinski definition) is 5. The van der Waals surface area contributed by atoms with Crippen molar-refractivity contribution >= 4 is 5.91 Å². The lowest BCUT2D eigenvalue weighted by Crippen LogP contribution is -2.25. The summed E-state index contributed by atoms with van der Waals surface area (Å²) in [5.74, 6) is 0.367. The maximum absolute atomic E-state index is 12.2. The van der Waals surface area contributed by atoms with Gasteiger partial charge in [0.05, 0.1) is 20.3 Å². The van der Waals surface area contributed by atoms with Gasteiger partial charge in [-0.05, 0) is 25.0 Å². The van der Waals surface area contributed by atoms with E-state index >= 15 is 0 Å². The van der Waals surface area contributed by atoms with Crippen molar-refractivity contribution in [1.82, 2.24) is 5.06 Å². The summed E-state index contributed by atoms with van der Waals surface area (Å²) in [5, 5.41) is 10.5. The van der Waals surface area contributed by atoms with E-state index in [1.165, 1.54) is 14.2 Å². The van der Waals surface area contributed by atoms with Crippen LogP contribution in [0.15, 0.2) is 12.1 Å². The number of nitriles is 1. The first-order valence-electron chi connectivity index (χ1n) is 7.24. The molecule has 0 fully saturated rings. The lowest BCUT2D eigenvalue weighted by molar-refractivity contribution is -0.0757. The normalized spacial score (nSPS) is 9.95. The Kier molecular flexibility index (Phi) is 7.20. The second-order valence-corrected chi connectivity index (χ2v) is 4.64. The molecule has 0 aliphatic heterocycles. The van der Waals surface area contributed by atoms with E-state index in [2.05, 4.69) is 6.07 Å². The van der Waals surface area contributed by atoms with Gasteiger partial charge in [0.25, 0.3) is 5.91 Å². The fourth-order valence-corrected chi connectivity index (χ4v) is 1.74. The van der Waals surface area contributed by atoms with E-state index in [9.17, 15) is 10.1 Å². The van der Waals surface area contributed by atoms with Crippen LogP contribution in [-0.4, -0.2) is 38.3 Å². The molecule has 1 aromatic carbocycles. The van der Waals surface area contributed by atoms with E-state index in [1.54, 1.807) is 12.1 Å². The maximum Gasteiger partial charge on any atom is 0.277 e. The van der Waals surface area contributed by atoms with Crippen LogP contribution in [0, 0.1) is 11.3 Å². The van der Waals surface area contributed by atoms with Gasteiger partial charge in [-0.25, -0.2) is 5.06 Å². The molecule has 0 aliphatic rings. The molecule has 0 aliphatic carbocycles. The quantitative estimate of drug-likeness (QED) is 0.691. The van der Waals surface area contributed by atoms with Gasteiger partial charge in [-0.15, -0.1) is 0 Å². The van der Waals surface area contributed by atoms with Gasteiger partial charge in [0, 0.05) is 12.6 Å². The van der Waals surface area contributed by atoms with Crippen LogP contribution in [0.4, 0.5) is 0 Å². The Morgan fingerprint density at radius 2 is 1.68 bits per heavy atom. The van der Waals surface area contributed by atoms with Crippen molar-refractivity contribution in [3.8, 4) is 17.6 Å². The lowest BCUT2D eigenvalue weighted by Gasteiger charge is -2.17. The van der Waals surface area contributed by atoms with Crippen LogP contribution in [0.3, 0.4) is 0 Å². The van der Waals surface area contributed by atoms with Gasteiger partial charge in [-0.3, -0.25) is 9.63 Å². The predicted molar refractivity (Wildman–Crippen MR) is 81.8 cm³/mol. The molecule has 0 saturated heterocycles. The molecular formula is C16H22N2O4. The number of nitrogens with zero attached hydrogens (tertiary/aromatic N) is 2. The second kappa shape index (κ2) is 8.90. The van der Waals surface area contributed by atoms with Crippen molar-refractivity contribution in [2.24, 2.45) is 0 Å². The first-order valence-corrected chi connectivity index (χ1v) is 7.24. The summed E-state index contributed by atoms with van der Waals surface area (Å²) >= 11 is 0. The van der Waals surface area contributed by atoms with Gasteiger partial charge >= 0.3 is 0 Å². The monoisotopic (exact) mass is 306 g/mol. The van der Waals surface area contributed by atoms with Crippen LogP contribution in [0.2, 0.25) is 0 Å². The molecule has 0 spiro atoms. The summed E-state index contributed by atoms with van der Waals surface area (Å²) in [6.45, 7) is 4.85. The minimum atomic E-state index is -0.338. The number of carbonyl (C=O) groups is 1. The van der Waals surface area contributed by atoms with Crippen LogP contribution >= 0.6 is 0 Å². The third kappa shape index (κ3) is 4.37. The summed E-state index contributed by atoms with van der Waals surface area (Å²) in [6.07, 6.45) is 1.60. The summed E-state index contributed by atoms with van der Waals surface area (Å²) < 4.78 is 11.2. The van der Waals surface area contributed by atoms with Gasteiger partial charge < -0.3 is 9.47 Å². The summed E-state index contributed by atoms with van der Waals surface area (Å²) in [7, 11) is 2.92. The Balaban J connectivity index is 3.28. The molecular weight excluding hydrogens is 284 g/mol. The van der Waals surface area contributed by atoms with Gasteiger partial charge in [0.15, 0.2) is 0 Å². The molecule has 0 atom stereocenters. The van der Waals surface area contributed by atoms with Crippen molar-refractivity contribution in [1.29, 1.82) is 5.26 Å².